The molecule has 3 heterocycles. The third-order valence-electron chi connectivity index (χ3n) is 6.31. The second-order valence-electron chi connectivity index (χ2n) is 8.44. The number of aliphatic hydroxyl groups excluding tert-OH is 1. The smallest absolute Gasteiger partial charge is 0.255 e. The highest BCUT2D eigenvalue weighted by Gasteiger charge is 2.38. The van der Waals surface area contributed by atoms with E-state index in [2.05, 4.69) is 11.8 Å². The number of ether oxygens (including phenoxy) is 3. The molecule has 7 nitrogen and oxygen atoms in total. The molecule has 9 heteroatoms. The number of thiophene rings is 1. The van der Waals surface area contributed by atoms with Gasteiger partial charge in [-0.2, -0.15) is 0 Å². The lowest BCUT2D eigenvalue weighted by molar-refractivity contribution is -0.119. The van der Waals surface area contributed by atoms with Crippen LogP contribution in [-0.4, -0.2) is 54.9 Å². The van der Waals surface area contributed by atoms with Crippen molar-refractivity contribution in [3.63, 3.8) is 0 Å². The number of hydrogen-bond acceptors (Lipinski definition) is 7. The van der Waals surface area contributed by atoms with Gasteiger partial charge in [0.25, 0.3) is 5.91 Å². The molecule has 1 amide bonds. The van der Waals surface area contributed by atoms with Crippen molar-refractivity contribution in [2.75, 3.05) is 26.9 Å². The molecule has 174 valence electrons. The molecule has 3 N–H and O–H groups in total. The first-order chi connectivity index (χ1) is 15.4. The van der Waals surface area contributed by atoms with E-state index in [4.69, 9.17) is 31.5 Å². The number of likely N-dealkylation sites (tertiary alicyclic amines) is 1. The molecule has 4 rings (SSSR count). The van der Waals surface area contributed by atoms with Crippen LogP contribution in [0.5, 0.6) is 11.5 Å². The minimum absolute atomic E-state index is 0.0482. The second kappa shape index (κ2) is 9.97. The molecular weight excluding hydrogens is 452 g/mol. The van der Waals surface area contributed by atoms with Crippen LogP contribution in [-0.2, 0) is 16.1 Å². The molecule has 4 atom stereocenters. The van der Waals surface area contributed by atoms with Crippen molar-refractivity contribution in [3.05, 3.63) is 44.6 Å². The summed E-state index contributed by atoms with van der Waals surface area (Å²) in [6, 6.07) is 7.76. The Balaban J connectivity index is 1.51. The number of carbonyl (C=O) groups is 1. The van der Waals surface area contributed by atoms with E-state index in [9.17, 15) is 9.90 Å². The number of carbonyl (C=O) groups excluding carboxylic acids is 1. The van der Waals surface area contributed by atoms with Crippen LogP contribution in [0, 0.1) is 0 Å². The van der Waals surface area contributed by atoms with Gasteiger partial charge in [0.2, 0.25) is 0 Å². The summed E-state index contributed by atoms with van der Waals surface area (Å²) in [6.07, 6.45) is 1.22. The van der Waals surface area contributed by atoms with Crippen molar-refractivity contribution in [1.29, 1.82) is 0 Å². The lowest BCUT2D eigenvalue weighted by Crippen LogP contribution is -2.33. The number of methoxy groups -OCH3 is 1. The summed E-state index contributed by atoms with van der Waals surface area (Å²) >= 11 is 7.86. The van der Waals surface area contributed by atoms with Gasteiger partial charge in [-0.3, -0.25) is 9.69 Å². The maximum atomic E-state index is 11.0. The zero-order chi connectivity index (χ0) is 22.8. The lowest BCUT2D eigenvalue weighted by Gasteiger charge is -2.28. The molecule has 2 aliphatic heterocycles. The number of halogens is 1. The Morgan fingerprint density at radius 1 is 1.41 bits per heavy atom. The first kappa shape index (κ1) is 23.3. The van der Waals surface area contributed by atoms with Crippen LogP contribution in [0.15, 0.2) is 24.3 Å². The SMILES string of the molecule is COc1cc(OCC(N)=O)ccc1CN1CCC2c3sc(Cl)cc3[C@@H](O)CO[C@H]2C[C@@H]1C. The minimum atomic E-state index is -0.619. The summed E-state index contributed by atoms with van der Waals surface area (Å²) in [6.45, 7) is 3.96. The van der Waals surface area contributed by atoms with Gasteiger partial charge < -0.3 is 25.1 Å². The highest BCUT2D eigenvalue weighted by Crippen LogP contribution is 2.45. The Bertz CT molecular complexity index is 968. The van der Waals surface area contributed by atoms with Crippen LogP contribution in [0.2, 0.25) is 4.34 Å². The Morgan fingerprint density at radius 2 is 2.22 bits per heavy atom. The molecule has 0 aliphatic carbocycles. The summed E-state index contributed by atoms with van der Waals surface area (Å²) in [5.41, 5.74) is 7.12. The average molecular weight is 481 g/mol. The largest absolute Gasteiger partial charge is 0.496 e. The molecular formula is C23H29ClN2O5S. The zero-order valence-electron chi connectivity index (χ0n) is 18.3. The van der Waals surface area contributed by atoms with E-state index in [-0.39, 0.29) is 24.7 Å². The fourth-order valence-corrected chi connectivity index (χ4v) is 6.14. The summed E-state index contributed by atoms with van der Waals surface area (Å²) in [5, 5.41) is 10.5. The van der Waals surface area contributed by atoms with Crippen LogP contribution in [0.25, 0.3) is 0 Å². The summed E-state index contributed by atoms with van der Waals surface area (Å²) in [7, 11) is 1.63. The maximum absolute atomic E-state index is 11.0. The number of nitrogens with zero attached hydrogens (tertiary/aromatic N) is 1. The summed E-state index contributed by atoms with van der Waals surface area (Å²) in [4.78, 5) is 14.6. The van der Waals surface area contributed by atoms with Crippen LogP contribution in [0.4, 0.5) is 0 Å². The Morgan fingerprint density at radius 3 is 2.97 bits per heavy atom. The average Bonchev–Trinajstić information content (AvgIpc) is 3.03. The topological polar surface area (TPSA) is 94.3 Å². The van der Waals surface area contributed by atoms with Crippen molar-refractivity contribution in [3.8, 4) is 11.5 Å². The van der Waals surface area contributed by atoms with Gasteiger partial charge in [-0.15, -0.1) is 11.3 Å². The van der Waals surface area contributed by atoms with E-state index in [1.165, 1.54) is 0 Å². The van der Waals surface area contributed by atoms with E-state index in [1.807, 2.05) is 18.2 Å². The van der Waals surface area contributed by atoms with E-state index in [1.54, 1.807) is 24.5 Å². The lowest BCUT2D eigenvalue weighted by atomic mass is 9.92. The highest BCUT2D eigenvalue weighted by molar-refractivity contribution is 7.16. The van der Waals surface area contributed by atoms with Crippen molar-refractivity contribution in [2.45, 2.75) is 50.5 Å². The Labute approximate surface area is 197 Å². The van der Waals surface area contributed by atoms with E-state index in [0.29, 0.717) is 22.4 Å². The predicted octanol–water partition coefficient (Wildman–Crippen LogP) is 3.47. The van der Waals surface area contributed by atoms with Gasteiger partial charge in [0.05, 0.1) is 24.2 Å². The van der Waals surface area contributed by atoms with Gasteiger partial charge >= 0.3 is 0 Å². The van der Waals surface area contributed by atoms with Gasteiger partial charge in [-0.25, -0.2) is 0 Å². The molecule has 1 fully saturated rings. The first-order valence-electron chi connectivity index (χ1n) is 10.8. The monoisotopic (exact) mass is 480 g/mol. The summed E-state index contributed by atoms with van der Waals surface area (Å²) < 4.78 is 17.9. The standard InChI is InChI=1S/C23H29ClN2O5S/c1-13-7-20-16(23-17(9-21(24)32-23)18(27)11-31-20)5-6-26(13)10-14-3-4-15(8-19(14)29-2)30-12-22(25)28/h3-4,8-9,13,16,18,20,27H,5-7,10-12H2,1-2H3,(H2,25,28)/t13-,16?,18-,20-/m0/s1. The Hall–Kier alpha value is -1.84. The Kier molecular flexibility index (Phi) is 7.27. The van der Waals surface area contributed by atoms with Crippen LogP contribution in [0.3, 0.4) is 0 Å². The summed E-state index contributed by atoms with van der Waals surface area (Å²) in [5.74, 6) is 0.959. The quantitative estimate of drug-likeness (QED) is 0.657. The number of primary amides is 1. The number of hydrogen-bond donors (Lipinski definition) is 2. The second-order valence-corrected chi connectivity index (χ2v) is 10.2. The van der Waals surface area contributed by atoms with Gasteiger partial charge in [0.1, 0.15) is 17.6 Å². The third-order valence-corrected chi connectivity index (χ3v) is 7.72. The van der Waals surface area contributed by atoms with Crippen LogP contribution >= 0.6 is 22.9 Å². The molecule has 0 spiro atoms. The third kappa shape index (κ3) is 5.05. The number of fused-ring (bicyclic) bond motifs is 3. The van der Waals surface area contributed by atoms with Crippen molar-refractivity contribution >= 4 is 28.8 Å². The van der Waals surface area contributed by atoms with E-state index >= 15 is 0 Å². The van der Waals surface area contributed by atoms with Crippen LogP contribution in [0.1, 0.15) is 47.8 Å². The molecule has 2 aromatic rings. The highest BCUT2D eigenvalue weighted by atomic mass is 35.5. The van der Waals surface area contributed by atoms with Gasteiger partial charge in [-0.05, 0) is 44.0 Å². The van der Waals surface area contributed by atoms with Crippen molar-refractivity contribution < 1.29 is 24.1 Å². The fourth-order valence-electron chi connectivity index (χ4n) is 4.64. The normalized spacial score (nSPS) is 25.9. The maximum Gasteiger partial charge on any atom is 0.255 e. The fraction of sp³-hybridized carbons (Fsp3) is 0.522. The molecule has 1 saturated heterocycles. The molecule has 2 aliphatic rings. The van der Waals surface area contributed by atoms with Gasteiger partial charge in [0, 0.05) is 35.0 Å². The van der Waals surface area contributed by atoms with Crippen molar-refractivity contribution in [2.24, 2.45) is 5.73 Å². The number of aliphatic hydroxyl groups is 1. The molecule has 1 aromatic heterocycles. The van der Waals surface area contributed by atoms with Gasteiger partial charge in [0.15, 0.2) is 6.61 Å². The molecule has 0 radical (unpaired) electrons. The molecule has 0 bridgehead atoms. The first-order valence-corrected chi connectivity index (χ1v) is 12.0. The van der Waals surface area contributed by atoms with E-state index < -0.39 is 12.0 Å². The van der Waals surface area contributed by atoms with Gasteiger partial charge in [-0.1, -0.05) is 17.7 Å². The zero-order valence-corrected chi connectivity index (χ0v) is 19.8. The number of rotatable bonds is 6. The molecule has 0 saturated carbocycles. The number of nitrogens with two attached hydrogens (primary N) is 1. The number of amides is 1. The number of benzene rings is 1. The molecule has 32 heavy (non-hydrogen) atoms. The molecule has 1 unspecified atom stereocenters. The van der Waals surface area contributed by atoms with E-state index in [0.717, 1.165) is 41.9 Å². The van der Waals surface area contributed by atoms with Crippen molar-refractivity contribution in [1.82, 2.24) is 4.90 Å². The molecule has 1 aromatic carbocycles. The minimum Gasteiger partial charge on any atom is -0.496 e. The predicted molar refractivity (Wildman–Crippen MR) is 124 cm³/mol. The van der Waals surface area contributed by atoms with Crippen LogP contribution < -0.4 is 15.2 Å².